The van der Waals surface area contributed by atoms with Gasteiger partial charge in [0.15, 0.2) is 0 Å². The van der Waals surface area contributed by atoms with Crippen LogP contribution in [-0.4, -0.2) is 24.5 Å². The van der Waals surface area contributed by atoms with Crippen LogP contribution >= 0.6 is 0 Å². The minimum Gasteiger partial charge on any atom is -0.299 e. The average Bonchev–Trinajstić information content (AvgIpc) is 2.18. The fourth-order valence-corrected chi connectivity index (χ4v) is 2.18. The number of hydrogen-bond donors (Lipinski definition) is 0. The van der Waals surface area contributed by atoms with Crippen molar-refractivity contribution < 1.29 is 0 Å². The van der Waals surface area contributed by atoms with Gasteiger partial charge in [-0.05, 0) is 44.3 Å². The Kier molecular flexibility index (Phi) is 5.70. The molecule has 0 saturated carbocycles. The molecule has 1 rings (SSSR count). The van der Waals surface area contributed by atoms with Crippen LogP contribution in [0.15, 0.2) is 23.8 Å². The van der Waals surface area contributed by atoms with Crippen molar-refractivity contribution in [3.63, 3.8) is 0 Å². The van der Waals surface area contributed by atoms with Gasteiger partial charge in [0.05, 0.1) is 0 Å². The number of likely N-dealkylation sites (tertiary alicyclic amines) is 1. The lowest BCUT2D eigenvalue weighted by Crippen LogP contribution is -2.31. The van der Waals surface area contributed by atoms with Crippen molar-refractivity contribution in [1.29, 1.82) is 0 Å². The van der Waals surface area contributed by atoms with Crippen LogP contribution in [0.25, 0.3) is 0 Å². The molecule has 86 valence electrons. The third kappa shape index (κ3) is 5.17. The third-order valence-electron chi connectivity index (χ3n) is 2.78. The minimum absolute atomic E-state index is 0.654. The zero-order chi connectivity index (χ0) is 11.1. The van der Waals surface area contributed by atoms with Gasteiger partial charge in [-0.1, -0.05) is 38.5 Å². The molecule has 0 radical (unpaired) electrons. The number of rotatable bonds is 4. The molecular weight excluding hydrogens is 182 g/mol. The number of piperidine rings is 1. The van der Waals surface area contributed by atoms with Crippen LogP contribution in [0.1, 0.15) is 40.0 Å². The Morgan fingerprint density at radius 1 is 1.20 bits per heavy atom. The quantitative estimate of drug-likeness (QED) is 0.636. The predicted molar refractivity (Wildman–Crippen MR) is 68.0 cm³/mol. The van der Waals surface area contributed by atoms with Crippen molar-refractivity contribution in [3.05, 3.63) is 23.8 Å². The fourth-order valence-electron chi connectivity index (χ4n) is 2.18. The zero-order valence-corrected chi connectivity index (χ0v) is 10.5. The summed E-state index contributed by atoms with van der Waals surface area (Å²) in [5.41, 5.74) is 1.48. The van der Waals surface area contributed by atoms with Crippen molar-refractivity contribution >= 4 is 0 Å². The van der Waals surface area contributed by atoms with Gasteiger partial charge in [0.25, 0.3) is 0 Å². The molecule has 0 atom stereocenters. The second-order valence-corrected chi connectivity index (χ2v) is 4.82. The highest BCUT2D eigenvalue weighted by Gasteiger charge is 2.10. The molecule has 1 saturated heterocycles. The number of allylic oxidation sites excluding steroid dienone is 2. The molecule has 15 heavy (non-hydrogen) atoms. The Hall–Kier alpha value is -0.560. The molecule has 1 aliphatic heterocycles. The Balaban J connectivity index is 2.49. The largest absolute Gasteiger partial charge is 0.299 e. The molecule has 0 aromatic rings. The van der Waals surface area contributed by atoms with Gasteiger partial charge in [0.2, 0.25) is 0 Å². The van der Waals surface area contributed by atoms with Gasteiger partial charge in [0.1, 0.15) is 0 Å². The highest BCUT2D eigenvalue weighted by atomic mass is 15.1. The number of nitrogens with zero attached hydrogens (tertiary/aromatic N) is 1. The van der Waals surface area contributed by atoms with Crippen molar-refractivity contribution in [2.24, 2.45) is 5.92 Å². The van der Waals surface area contributed by atoms with E-state index in [1.54, 1.807) is 0 Å². The zero-order valence-electron chi connectivity index (χ0n) is 10.5. The third-order valence-corrected chi connectivity index (χ3v) is 2.78. The summed E-state index contributed by atoms with van der Waals surface area (Å²) in [7, 11) is 0. The summed E-state index contributed by atoms with van der Waals surface area (Å²) in [5.74, 6) is 0.654. The second kappa shape index (κ2) is 6.84. The Labute approximate surface area is 94.9 Å². The SMILES string of the molecule is C/C=C\C(=C/C(C)C)CN1CCCCC1. The van der Waals surface area contributed by atoms with E-state index in [2.05, 4.69) is 43.9 Å². The molecule has 0 N–H and O–H groups in total. The maximum absolute atomic E-state index is 2.58. The van der Waals surface area contributed by atoms with Gasteiger partial charge in [0, 0.05) is 6.54 Å². The van der Waals surface area contributed by atoms with E-state index in [0.29, 0.717) is 5.92 Å². The molecule has 1 heteroatoms. The van der Waals surface area contributed by atoms with E-state index in [4.69, 9.17) is 0 Å². The summed E-state index contributed by atoms with van der Waals surface area (Å²) in [6, 6.07) is 0. The molecule has 1 aliphatic rings. The molecular formula is C14H25N. The smallest absolute Gasteiger partial charge is 0.0230 e. The Morgan fingerprint density at radius 2 is 1.87 bits per heavy atom. The minimum atomic E-state index is 0.654. The molecule has 0 aliphatic carbocycles. The van der Waals surface area contributed by atoms with Crippen LogP contribution in [0, 0.1) is 5.92 Å². The lowest BCUT2D eigenvalue weighted by Gasteiger charge is -2.27. The van der Waals surface area contributed by atoms with Gasteiger partial charge in [-0.3, -0.25) is 4.90 Å². The van der Waals surface area contributed by atoms with Crippen LogP contribution in [-0.2, 0) is 0 Å². The first-order chi connectivity index (χ1) is 7.22. The molecule has 0 amide bonds. The number of hydrogen-bond acceptors (Lipinski definition) is 1. The van der Waals surface area contributed by atoms with E-state index in [1.165, 1.54) is 37.9 Å². The summed E-state index contributed by atoms with van der Waals surface area (Å²) < 4.78 is 0. The fraction of sp³-hybridized carbons (Fsp3) is 0.714. The van der Waals surface area contributed by atoms with Gasteiger partial charge in [-0.2, -0.15) is 0 Å². The molecule has 0 spiro atoms. The standard InChI is InChI=1S/C14H25N/c1-4-8-14(11-13(2)3)12-15-9-6-5-7-10-15/h4,8,11,13H,5-7,9-10,12H2,1-3H3/b8-4-,14-11+. The van der Waals surface area contributed by atoms with E-state index in [0.717, 1.165) is 6.54 Å². The van der Waals surface area contributed by atoms with Crippen LogP contribution in [0.3, 0.4) is 0 Å². The molecule has 1 nitrogen and oxygen atoms in total. The molecule has 0 bridgehead atoms. The van der Waals surface area contributed by atoms with Crippen LogP contribution in [0.4, 0.5) is 0 Å². The summed E-state index contributed by atoms with van der Waals surface area (Å²) in [4.78, 5) is 2.58. The topological polar surface area (TPSA) is 3.24 Å². The Morgan fingerprint density at radius 3 is 2.40 bits per heavy atom. The summed E-state index contributed by atoms with van der Waals surface area (Å²) in [6.07, 6.45) is 11.0. The average molecular weight is 207 g/mol. The van der Waals surface area contributed by atoms with Crippen molar-refractivity contribution in [2.75, 3.05) is 19.6 Å². The van der Waals surface area contributed by atoms with Gasteiger partial charge in [-0.15, -0.1) is 0 Å². The monoisotopic (exact) mass is 207 g/mol. The summed E-state index contributed by atoms with van der Waals surface area (Å²) >= 11 is 0. The van der Waals surface area contributed by atoms with E-state index in [9.17, 15) is 0 Å². The molecule has 1 heterocycles. The van der Waals surface area contributed by atoms with Gasteiger partial charge in [-0.25, -0.2) is 0 Å². The lowest BCUT2D eigenvalue weighted by atomic mass is 10.1. The van der Waals surface area contributed by atoms with Crippen LogP contribution in [0.5, 0.6) is 0 Å². The first-order valence-electron chi connectivity index (χ1n) is 6.28. The maximum atomic E-state index is 2.58. The van der Waals surface area contributed by atoms with Crippen molar-refractivity contribution in [3.8, 4) is 0 Å². The van der Waals surface area contributed by atoms with E-state index in [1.807, 2.05) is 0 Å². The highest BCUT2D eigenvalue weighted by molar-refractivity contribution is 5.20. The lowest BCUT2D eigenvalue weighted by molar-refractivity contribution is 0.248. The second-order valence-electron chi connectivity index (χ2n) is 4.82. The van der Waals surface area contributed by atoms with Gasteiger partial charge < -0.3 is 0 Å². The first-order valence-corrected chi connectivity index (χ1v) is 6.28. The maximum Gasteiger partial charge on any atom is 0.0230 e. The molecule has 0 aromatic heterocycles. The van der Waals surface area contributed by atoms with Crippen LogP contribution in [0.2, 0.25) is 0 Å². The predicted octanol–water partition coefficient (Wildman–Crippen LogP) is 3.63. The van der Waals surface area contributed by atoms with Crippen molar-refractivity contribution in [1.82, 2.24) is 4.90 Å². The molecule has 1 fully saturated rings. The summed E-state index contributed by atoms with van der Waals surface area (Å²) in [6.45, 7) is 10.3. The molecule has 0 unspecified atom stereocenters. The van der Waals surface area contributed by atoms with E-state index >= 15 is 0 Å². The highest BCUT2D eigenvalue weighted by Crippen LogP contribution is 2.12. The van der Waals surface area contributed by atoms with Crippen molar-refractivity contribution in [2.45, 2.75) is 40.0 Å². The normalized spacial score (nSPS) is 20.4. The van der Waals surface area contributed by atoms with E-state index < -0.39 is 0 Å². The molecule has 0 aromatic carbocycles. The summed E-state index contributed by atoms with van der Waals surface area (Å²) in [5, 5.41) is 0. The Bertz CT molecular complexity index is 219. The first kappa shape index (κ1) is 12.5. The van der Waals surface area contributed by atoms with E-state index in [-0.39, 0.29) is 0 Å². The van der Waals surface area contributed by atoms with Crippen LogP contribution < -0.4 is 0 Å². The van der Waals surface area contributed by atoms with Gasteiger partial charge >= 0.3 is 0 Å².